The van der Waals surface area contributed by atoms with Crippen molar-refractivity contribution in [1.29, 1.82) is 0 Å². The second-order valence-corrected chi connectivity index (χ2v) is 13.1. The molecule has 1 N–H and O–H groups in total. The maximum Gasteiger partial charge on any atom is 0.0568 e. The molecule has 172 valence electrons. The van der Waals surface area contributed by atoms with Crippen LogP contribution in [0.2, 0.25) is 0 Å². The molecule has 11 atom stereocenters. The summed E-state index contributed by atoms with van der Waals surface area (Å²) in [5, 5.41) is 10.5. The first-order valence-corrected chi connectivity index (χ1v) is 13.5. The fraction of sp³-hybridized carbons (Fsp3) is 0.931. The van der Waals surface area contributed by atoms with Crippen molar-refractivity contribution in [3.63, 3.8) is 0 Å². The molecular formula is C29H50O. The molecule has 4 aliphatic carbocycles. The average Bonchev–Trinajstić information content (AvgIpc) is 3.06. The Balaban J connectivity index is 1.51. The van der Waals surface area contributed by atoms with E-state index in [1.165, 1.54) is 44.9 Å². The molecule has 0 heterocycles. The molecule has 0 radical (unpaired) electrons. The van der Waals surface area contributed by atoms with Crippen LogP contribution in [0.4, 0.5) is 0 Å². The van der Waals surface area contributed by atoms with Gasteiger partial charge in [-0.25, -0.2) is 0 Å². The Morgan fingerprint density at radius 1 is 0.767 bits per heavy atom. The number of allylic oxidation sites excluding steroid dienone is 2. The number of rotatable bonds is 4. The van der Waals surface area contributed by atoms with E-state index in [0.717, 1.165) is 47.8 Å². The molecule has 0 aliphatic heterocycles. The summed E-state index contributed by atoms with van der Waals surface area (Å²) in [5.41, 5.74) is 1.04. The SMILES string of the molecule is CC(C)C(C)/C=C/[C@@H](C)[C@H]1CC[C@H]2[C@@H]3CC[C@H]4[C@H](C)[C@@H](O)CC[C@]4(C)[C@H]3CC[C@]12C. The van der Waals surface area contributed by atoms with Crippen LogP contribution in [0.5, 0.6) is 0 Å². The van der Waals surface area contributed by atoms with Crippen LogP contribution in [0.15, 0.2) is 12.2 Å². The lowest BCUT2D eigenvalue weighted by Crippen LogP contribution is -2.56. The van der Waals surface area contributed by atoms with E-state index in [2.05, 4.69) is 60.6 Å². The summed E-state index contributed by atoms with van der Waals surface area (Å²) in [6.07, 6.45) is 16.0. The zero-order valence-corrected chi connectivity index (χ0v) is 21.0. The van der Waals surface area contributed by atoms with Gasteiger partial charge in [-0.05, 0) is 115 Å². The van der Waals surface area contributed by atoms with Gasteiger partial charge in [0.25, 0.3) is 0 Å². The van der Waals surface area contributed by atoms with E-state index < -0.39 is 0 Å². The quantitative estimate of drug-likeness (QED) is 0.466. The van der Waals surface area contributed by atoms with Gasteiger partial charge in [-0.3, -0.25) is 0 Å². The van der Waals surface area contributed by atoms with E-state index in [1.807, 2.05) is 0 Å². The second-order valence-electron chi connectivity index (χ2n) is 13.1. The first-order chi connectivity index (χ1) is 14.1. The normalized spacial score (nSPS) is 50.8. The molecule has 0 spiro atoms. The van der Waals surface area contributed by atoms with Crippen LogP contribution in [0.3, 0.4) is 0 Å². The molecule has 4 aliphatic rings. The van der Waals surface area contributed by atoms with Crippen molar-refractivity contribution >= 4 is 0 Å². The van der Waals surface area contributed by atoms with Gasteiger partial charge in [-0.15, -0.1) is 0 Å². The van der Waals surface area contributed by atoms with Gasteiger partial charge in [-0.2, -0.15) is 0 Å². The van der Waals surface area contributed by atoms with E-state index in [0.29, 0.717) is 22.7 Å². The van der Waals surface area contributed by atoms with Crippen molar-refractivity contribution in [3.05, 3.63) is 12.2 Å². The number of hydrogen-bond acceptors (Lipinski definition) is 1. The summed E-state index contributed by atoms with van der Waals surface area (Å²) in [6.45, 7) is 17.2. The molecule has 0 bridgehead atoms. The van der Waals surface area contributed by atoms with Crippen molar-refractivity contribution in [2.45, 2.75) is 106 Å². The van der Waals surface area contributed by atoms with Gasteiger partial charge in [0, 0.05) is 0 Å². The Morgan fingerprint density at radius 2 is 1.40 bits per heavy atom. The van der Waals surface area contributed by atoms with Crippen LogP contribution in [0.25, 0.3) is 0 Å². The molecule has 0 aromatic carbocycles. The maximum atomic E-state index is 10.5. The largest absolute Gasteiger partial charge is 0.393 e. The first-order valence-electron chi connectivity index (χ1n) is 13.5. The number of fused-ring (bicyclic) bond motifs is 5. The molecule has 1 nitrogen and oxygen atoms in total. The Labute approximate surface area is 187 Å². The summed E-state index contributed by atoms with van der Waals surface area (Å²) in [5.74, 6) is 7.07. The van der Waals surface area contributed by atoms with E-state index in [4.69, 9.17) is 0 Å². The van der Waals surface area contributed by atoms with Gasteiger partial charge in [0.1, 0.15) is 0 Å². The van der Waals surface area contributed by atoms with Crippen LogP contribution < -0.4 is 0 Å². The zero-order valence-electron chi connectivity index (χ0n) is 21.0. The van der Waals surface area contributed by atoms with Gasteiger partial charge in [0.05, 0.1) is 6.10 Å². The minimum atomic E-state index is -0.0507. The summed E-state index contributed by atoms with van der Waals surface area (Å²) in [6, 6.07) is 0. The Bertz CT molecular complexity index is 636. The third-order valence-corrected chi connectivity index (χ3v) is 11.6. The lowest BCUT2D eigenvalue weighted by Gasteiger charge is -2.62. The highest BCUT2D eigenvalue weighted by Crippen LogP contribution is 2.68. The Hall–Kier alpha value is -0.300. The Kier molecular flexibility index (Phi) is 6.28. The molecule has 1 unspecified atom stereocenters. The maximum absolute atomic E-state index is 10.5. The highest BCUT2D eigenvalue weighted by Gasteiger charge is 2.61. The predicted octanol–water partition coefficient (Wildman–Crippen LogP) is 7.74. The number of aliphatic hydroxyl groups is 1. The molecule has 0 aromatic rings. The average molecular weight is 415 g/mol. The summed E-state index contributed by atoms with van der Waals surface area (Å²) >= 11 is 0. The predicted molar refractivity (Wildman–Crippen MR) is 128 cm³/mol. The van der Waals surface area contributed by atoms with Crippen LogP contribution in [-0.2, 0) is 0 Å². The molecule has 0 aromatic heterocycles. The fourth-order valence-corrected chi connectivity index (χ4v) is 9.32. The smallest absolute Gasteiger partial charge is 0.0568 e. The highest BCUT2D eigenvalue weighted by atomic mass is 16.3. The van der Waals surface area contributed by atoms with Crippen molar-refractivity contribution < 1.29 is 5.11 Å². The summed E-state index contributed by atoms with van der Waals surface area (Å²) in [7, 11) is 0. The van der Waals surface area contributed by atoms with E-state index in [-0.39, 0.29) is 6.10 Å². The van der Waals surface area contributed by atoms with Crippen molar-refractivity contribution in [3.8, 4) is 0 Å². The molecule has 30 heavy (non-hydrogen) atoms. The van der Waals surface area contributed by atoms with Crippen LogP contribution >= 0.6 is 0 Å². The zero-order chi connectivity index (χ0) is 21.8. The molecule has 4 saturated carbocycles. The van der Waals surface area contributed by atoms with Gasteiger partial charge in [-0.1, -0.05) is 60.6 Å². The van der Waals surface area contributed by atoms with Crippen molar-refractivity contribution in [2.24, 2.45) is 64.1 Å². The monoisotopic (exact) mass is 414 g/mol. The fourth-order valence-electron chi connectivity index (χ4n) is 9.32. The lowest BCUT2D eigenvalue weighted by molar-refractivity contribution is -0.148. The second kappa shape index (κ2) is 8.24. The summed E-state index contributed by atoms with van der Waals surface area (Å²) in [4.78, 5) is 0. The number of aliphatic hydroxyl groups excluding tert-OH is 1. The van der Waals surface area contributed by atoms with Gasteiger partial charge >= 0.3 is 0 Å². The molecule has 4 fully saturated rings. The molecular weight excluding hydrogens is 364 g/mol. The Morgan fingerprint density at radius 3 is 2.10 bits per heavy atom. The molecule has 0 saturated heterocycles. The summed E-state index contributed by atoms with van der Waals surface area (Å²) < 4.78 is 0. The van der Waals surface area contributed by atoms with Gasteiger partial charge < -0.3 is 5.11 Å². The highest BCUT2D eigenvalue weighted by molar-refractivity contribution is 5.12. The van der Waals surface area contributed by atoms with Crippen LogP contribution in [0, 0.1) is 64.1 Å². The van der Waals surface area contributed by atoms with Crippen LogP contribution in [-0.4, -0.2) is 11.2 Å². The number of hydrogen-bond donors (Lipinski definition) is 1. The minimum Gasteiger partial charge on any atom is -0.393 e. The third-order valence-electron chi connectivity index (χ3n) is 11.6. The van der Waals surface area contributed by atoms with Crippen molar-refractivity contribution in [1.82, 2.24) is 0 Å². The minimum absolute atomic E-state index is 0.0507. The molecule has 1 heteroatoms. The van der Waals surface area contributed by atoms with E-state index in [9.17, 15) is 5.11 Å². The van der Waals surface area contributed by atoms with E-state index in [1.54, 1.807) is 0 Å². The van der Waals surface area contributed by atoms with Gasteiger partial charge in [0.15, 0.2) is 0 Å². The van der Waals surface area contributed by atoms with Crippen LogP contribution in [0.1, 0.15) is 99.8 Å². The third kappa shape index (κ3) is 3.54. The molecule has 4 rings (SSSR count). The van der Waals surface area contributed by atoms with Gasteiger partial charge in [0.2, 0.25) is 0 Å². The van der Waals surface area contributed by atoms with Crippen molar-refractivity contribution in [2.75, 3.05) is 0 Å². The standard InChI is InChI=1S/C29H50O/c1-18(2)19(3)8-9-20(4)23-12-13-25-22-10-11-24-21(5)27(30)15-17-29(24,7)26(22)14-16-28(23,25)6/h8-9,18-27,30H,10-17H2,1-7H3/b9-8+/t19?,20-,21+,22+,23-,24+,25+,26+,27+,28-,29+/m1/s1. The molecule has 0 amide bonds. The van der Waals surface area contributed by atoms with E-state index >= 15 is 0 Å². The lowest BCUT2D eigenvalue weighted by atomic mass is 9.43. The topological polar surface area (TPSA) is 20.2 Å². The first kappa shape index (κ1) is 22.9.